The summed E-state index contributed by atoms with van der Waals surface area (Å²) in [4.78, 5) is 26.9. The monoisotopic (exact) mass is 329 g/mol. The molecule has 24 heavy (non-hydrogen) atoms. The first-order valence-corrected chi connectivity index (χ1v) is 9.00. The molecule has 1 saturated heterocycles. The van der Waals surface area contributed by atoms with Gasteiger partial charge in [0.25, 0.3) is 5.91 Å². The molecule has 1 aromatic carbocycles. The molecule has 2 N–H and O–H groups in total. The van der Waals surface area contributed by atoms with E-state index in [0.29, 0.717) is 17.2 Å². The minimum atomic E-state index is -0.215. The molecule has 1 fully saturated rings. The van der Waals surface area contributed by atoms with E-state index in [4.69, 9.17) is 0 Å². The molecule has 0 spiro atoms. The second-order valence-electron chi connectivity index (χ2n) is 7.23. The van der Waals surface area contributed by atoms with Crippen LogP contribution in [0.1, 0.15) is 50.4 Å². The third kappa shape index (κ3) is 3.25. The van der Waals surface area contributed by atoms with Crippen LogP contribution in [0.3, 0.4) is 0 Å². The van der Waals surface area contributed by atoms with Gasteiger partial charge in [-0.25, -0.2) is 0 Å². The molecule has 2 aliphatic heterocycles. The molecule has 2 unspecified atom stereocenters. The van der Waals surface area contributed by atoms with Gasteiger partial charge in [0.15, 0.2) is 0 Å². The van der Waals surface area contributed by atoms with Crippen molar-refractivity contribution in [3.05, 3.63) is 23.8 Å². The van der Waals surface area contributed by atoms with Gasteiger partial charge in [-0.1, -0.05) is 27.2 Å². The van der Waals surface area contributed by atoms with Crippen molar-refractivity contribution in [1.82, 2.24) is 4.90 Å². The maximum absolute atomic E-state index is 12.7. The average molecular weight is 329 g/mol. The Balaban J connectivity index is 1.76. The van der Waals surface area contributed by atoms with E-state index in [0.717, 1.165) is 38.0 Å². The lowest BCUT2D eigenvalue weighted by Crippen LogP contribution is -2.43. The van der Waals surface area contributed by atoms with E-state index in [9.17, 15) is 9.59 Å². The minimum Gasteiger partial charge on any atom is -0.372 e. The maximum Gasteiger partial charge on any atom is 0.253 e. The van der Waals surface area contributed by atoms with Crippen molar-refractivity contribution in [2.24, 2.45) is 11.8 Å². The van der Waals surface area contributed by atoms with Crippen LogP contribution in [0.5, 0.6) is 0 Å². The van der Waals surface area contributed by atoms with Crippen LogP contribution in [0, 0.1) is 11.8 Å². The quantitative estimate of drug-likeness (QED) is 0.894. The summed E-state index contributed by atoms with van der Waals surface area (Å²) in [7, 11) is 0. The molecule has 1 aromatic rings. The number of carbonyl (C=O) groups excluding carboxylic acids is 2. The fraction of sp³-hybridized carbons (Fsp3) is 0.579. The first kappa shape index (κ1) is 16.8. The van der Waals surface area contributed by atoms with Crippen LogP contribution >= 0.6 is 0 Å². The molecule has 2 amide bonds. The van der Waals surface area contributed by atoms with E-state index in [1.807, 2.05) is 17.0 Å². The first-order valence-electron chi connectivity index (χ1n) is 9.00. The zero-order valence-electron chi connectivity index (χ0n) is 14.8. The van der Waals surface area contributed by atoms with Crippen LogP contribution in [-0.4, -0.2) is 35.8 Å². The van der Waals surface area contributed by atoms with Crippen molar-refractivity contribution in [1.29, 1.82) is 0 Å². The molecule has 5 nitrogen and oxygen atoms in total. The normalized spacial score (nSPS) is 22.4. The summed E-state index contributed by atoms with van der Waals surface area (Å²) in [6.07, 6.45) is 3.06. The fourth-order valence-electron chi connectivity index (χ4n) is 3.38. The predicted molar refractivity (Wildman–Crippen MR) is 96.2 cm³/mol. The lowest BCUT2D eigenvalue weighted by molar-refractivity contribution is -0.118. The number of carbonyl (C=O) groups is 2. The summed E-state index contributed by atoms with van der Waals surface area (Å²) in [6, 6.07) is 5.35. The second-order valence-corrected chi connectivity index (χ2v) is 7.23. The van der Waals surface area contributed by atoms with Gasteiger partial charge < -0.3 is 15.5 Å². The molecule has 130 valence electrons. The number of fused-ring (bicyclic) bond motifs is 1. The highest BCUT2D eigenvalue weighted by Crippen LogP contribution is 2.31. The highest BCUT2D eigenvalue weighted by molar-refractivity contribution is 6.05. The molecule has 0 radical (unpaired) electrons. The first-order chi connectivity index (χ1) is 11.5. The van der Waals surface area contributed by atoms with E-state index in [2.05, 4.69) is 31.4 Å². The van der Waals surface area contributed by atoms with E-state index in [-0.39, 0.29) is 23.8 Å². The molecule has 3 rings (SSSR count). The van der Waals surface area contributed by atoms with Gasteiger partial charge >= 0.3 is 0 Å². The summed E-state index contributed by atoms with van der Waals surface area (Å²) in [5.74, 6) is 0.990. The lowest BCUT2D eigenvalue weighted by Gasteiger charge is -2.32. The van der Waals surface area contributed by atoms with Gasteiger partial charge in [0, 0.05) is 18.7 Å². The number of piperidine rings is 1. The van der Waals surface area contributed by atoms with Crippen molar-refractivity contribution < 1.29 is 9.59 Å². The molecule has 0 bridgehead atoms. The summed E-state index contributed by atoms with van der Waals surface area (Å²) < 4.78 is 0. The van der Waals surface area contributed by atoms with Crippen LogP contribution in [0.15, 0.2) is 18.2 Å². The summed E-state index contributed by atoms with van der Waals surface area (Å²) in [5.41, 5.74) is 2.24. The number of rotatable bonds is 3. The van der Waals surface area contributed by atoms with Gasteiger partial charge in [-0.05, 0) is 42.9 Å². The molecular weight excluding hydrogens is 302 g/mol. The Labute approximate surface area is 143 Å². The Morgan fingerprint density at radius 3 is 2.67 bits per heavy atom. The van der Waals surface area contributed by atoms with Crippen molar-refractivity contribution >= 4 is 23.2 Å². The molecule has 5 heteroatoms. The summed E-state index contributed by atoms with van der Waals surface area (Å²) in [5, 5.41) is 6.27. The highest BCUT2D eigenvalue weighted by Gasteiger charge is 2.30. The number of likely N-dealkylation sites (tertiary alicyclic amines) is 1. The Bertz CT molecular complexity index is 635. The SMILES string of the molecule is CCC(C)C1Nc2ccc(C(=O)N3CCC(C)CC3)cc2NC1=O. The Kier molecular flexibility index (Phi) is 4.78. The molecule has 0 aromatic heterocycles. The second kappa shape index (κ2) is 6.83. The number of benzene rings is 1. The maximum atomic E-state index is 12.7. The summed E-state index contributed by atoms with van der Waals surface area (Å²) in [6.45, 7) is 8.01. The van der Waals surface area contributed by atoms with Crippen molar-refractivity contribution in [3.63, 3.8) is 0 Å². The Morgan fingerprint density at radius 1 is 1.29 bits per heavy atom. The number of hydrogen-bond acceptors (Lipinski definition) is 3. The number of nitrogens with zero attached hydrogens (tertiary/aromatic N) is 1. The van der Waals surface area contributed by atoms with Crippen LogP contribution < -0.4 is 10.6 Å². The van der Waals surface area contributed by atoms with E-state index >= 15 is 0 Å². The van der Waals surface area contributed by atoms with Crippen LogP contribution in [0.2, 0.25) is 0 Å². The van der Waals surface area contributed by atoms with Gasteiger partial charge in [0.2, 0.25) is 5.91 Å². The van der Waals surface area contributed by atoms with E-state index < -0.39 is 0 Å². The molecular formula is C19H27N3O2. The molecule has 0 aliphatic carbocycles. The van der Waals surface area contributed by atoms with Gasteiger partial charge in [0.1, 0.15) is 6.04 Å². The third-order valence-electron chi connectivity index (χ3n) is 5.40. The third-order valence-corrected chi connectivity index (χ3v) is 5.40. The van der Waals surface area contributed by atoms with Crippen molar-refractivity contribution in [2.45, 2.75) is 46.1 Å². The molecule has 2 aliphatic rings. The van der Waals surface area contributed by atoms with Gasteiger partial charge in [-0.2, -0.15) is 0 Å². The van der Waals surface area contributed by atoms with Crippen LogP contribution in [0.4, 0.5) is 11.4 Å². The lowest BCUT2D eigenvalue weighted by atomic mass is 9.95. The topological polar surface area (TPSA) is 61.4 Å². The zero-order valence-corrected chi connectivity index (χ0v) is 14.8. The zero-order chi connectivity index (χ0) is 17.3. The molecule has 2 atom stereocenters. The van der Waals surface area contributed by atoms with E-state index in [1.54, 1.807) is 6.07 Å². The van der Waals surface area contributed by atoms with Crippen LogP contribution in [-0.2, 0) is 4.79 Å². The largest absolute Gasteiger partial charge is 0.372 e. The highest BCUT2D eigenvalue weighted by atomic mass is 16.2. The van der Waals surface area contributed by atoms with E-state index in [1.165, 1.54) is 0 Å². The number of anilines is 2. The molecule has 2 heterocycles. The Morgan fingerprint density at radius 2 is 2.00 bits per heavy atom. The fourth-order valence-corrected chi connectivity index (χ4v) is 3.38. The average Bonchev–Trinajstić information content (AvgIpc) is 2.60. The smallest absolute Gasteiger partial charge is 0.253 e. The summed E-state index contributed by atoms with van der Waals surface area (Å²) >= 11 is 0. The van der Waals surface area contributed by atoms with Crippen LogP contribution in [0.25, 0.3) is 0 Å². The number of hydrogen-bond donors (Lipinski definition) is 2. The standard InChI is InChI=1S/C19H27N3O2/c1-4-13(3)17-18(23)21-16-11-14(5-6-15(16)20-17)19(24)22-9-7-12(2)8-10-22/h5-6,11-13,17,20H,4,7-10H2,1-3H3,(H,21,23). The van der Waals surface area contributed by atoms with Gasteiger partial charge in [-0.3, -0.25) is 9.59 Å². The Hall–Kier alpha value is -2.04. The van der Waals surface area contributed by atoms with Crippen molar-refractivity contribution in [2.75, 3.05) is 23.7 Å². The molecule has 0 saturated carbocycles. The van der Waals surface area contributed by atoms with Gasteiger partial charge in [-0.15, -0.1) is 0 Å². The van der Waals surface area contributed by atoms with Crippen molar-refractivity contribution in [3.8, 4) is 0 Å². The minimum absolute atomic E-state index is 0.0201. The van der Waals surface area contributed by atoms with Gasteiger partial charge in [0.05, 0.1) is 11.4 Å². The predicted octanol–water partition coefficient (Wildman–Crippen LogP) is 3.34. The number of amides is 2. The number of nitrogens with one attached hydrogen (secondary N) is 2.